The first-order chi connectivity index (χ1) is 8.98. The van der Waals surface area contributed by atoms with E-state index in [9.17, 15) is 0 Å². The van der Waals surface area contributed by atoms with Gasteiger partial charge in [-0.25, -0.2) is 0 Å². The van der Waals surface area contributed by atoms with Gasteiger partial charge in [0.2, 0.25) is 0 Å². The lowest BCUT2D eigenvalue weighted by atomic mass is 9.87. The molecule has 1 aliphatic rings. The lowest BCUT2D eigenvalue weighted by Crippen LogP contribution is -2.60. The van der Waals surface area contributed by atoms with Crippen molar-refractivity contribution >= 4 is 21.6 Å². The second kappa shape index (κ2) is 5.81. The average molecular weight is 326 g/mol. The molecule has 2 N–H and O–H groups in total. The van der Waals surface area contributed by atoms with E-state index in [2.05, 4.69) is 64.9 Å². The minimum Gasteiger partial charge on any atom is -0.370 e. The van der Waals surface area contributed by atoms with Crippen LogP contribution in [0.1, 0.15) is 18.4 Å². The van der Waals surface area contributed by atoms with Crippen LogP contribution < -0.4 is 10.6 Å². The fourth-order valence-electron chi connectivity index (χ4n) is 2.87. The van der Waals surface area contributed by atoms with Crippen LogP contribution in [0.2, 0.25) is 0 Å². The van der Waals surface area contributed by atoms with Gasteiger partial charge in [-0.15, -0.1) is 0 Å². The van der Waals surface area contributed by atoms with Gasteiger partial charge < -0.3 is 15.5 Å². The van der Waals surface area contributed by atoms with E-state index in [-0.39, 0.29) is 5.54 Å². The molecule has 0 aliphatic carbocycles. The monoisotopic (exact) mass is 325 g/mol. The van der Waals surface area contributed by atoms with Crippen molar-refractivity contribution in [3.05, 3.63) is 28.2 Å². The van der Waals surface area contributed by atoms with E-state index in [1.807, 2.05) is 0 Å². The molecule has 1 aromatic carbocycles. The summed E-state index contributed by atoms with van der Waals surface area (Å²) in [6, 6.07) is 6.59. The lowest BCUT2D eigenvalue weighted by molar-refractivity contribution is 0.135. The molecule has 1 atom stereocenters. The van der Waals surface area contributed by atoms with Gasteiger partial charge in [-0.2, -0.15) is 0 Å². The highest BCUT2D eigenvalue weighted by Crippen LogP contribution is 2.30. The van der Waals surface area contributed by atoms with Crippen molar-refractivity contribution in [1.29, 1.82) is 0 Å². The molecule has 0 saturated carbocycles. The van der Waals surface area contributed by atoms with Gasteiger partial charge in [0, 0.05) is 29.8 Å². The molecule has 4 heteroatoms. The summed E-state index contributed by atoms with van der Waals surface area (Å²) in [4.78, 5) is 4.76. The van der Waals surface area contributed by atoms with Crippen LogP contribution in [-0.2, 0) is 0 Å². The number of benzene rings is 1. The number of nitrogens with zero attached hydrogens (tertiary/aromatic N) is 2. The molecule has 1 heterocycles. The van der Waals surface area contributed by atoms with Gasteiger partial charge >= 0.3 is 0 Å². The zero-order valence-electron chi connectivity index (χ0n) is 12.1. The molecule has 0 amide bonds. The van der Waals surface area contributed by atoms with Crippen LogP contribution in [0.5, 0.6) is 0 Å². The number of aryl methyl sites for hydroxylation is 1. The highest BCUT2D eigenvalue weighted by Gasteiger charge is 2.36. The number of likely N-dealkylation sites (N-methyl/N-ethyl adjacent to an activating group) is 1. The summed E-state index contributed by atoms with van der Waals surface area (Å²) in [5.41, 5.74) is 8.76. The van der Waals surface area contributed by atoms with E-state index >= 15 is 0 Å². The van der Waals surface area contributed by atoms with E-state index in [1.165, 1.54) is 28.6 Å². The first kappa shape index (κ1) is 14.8. The fourth-order valence-corrected chi connectivity index (χ4v) is 3.12. The zero-order valence-corrected chi connectivity index (χ0v) is 13.7. The second-order valence-corrected chi connectivity index (χ2v) is 6.64. The first-order valence-electron chi connectivity index (χ1n) is 6.87. The summed E-state index contributed by atoms with van der Waals surface area (Å²) in [5, 5.41) is 0. The van der Waals surface area contributed by atoms with Gasteiger partial charge in [0.15, 0.2) is 0 Å². The summed E-state index contributed by atoms with van der Waals surface area (Å²) >= 11 is 3.57. The average Bonchev–Trinajstić information content (AvgIpc) is 2.41. The van der Waals surface area contributed by atoms with E-state index in [0.717, 1.165) is 13.1 Å². The van der Waals surface area contributed by atoms with Crippen molar-refractivity contribution in [2.75, 3.05) is 38.6 Å². The van der Waals surface area contributed by atoms with E-state index in [4.69, 9.17) is 5.73 Å². The van der Waals surface area contributed by atoms with Crippen molar-refractivity contribution in [2.45, 2.75) is 25.3 Å². The molecule has 0 spiro atoms. The van der Waals surface area contributed by atoms with Gasteiger partial charge in [0.05, 0.1) is 5.54 Å². The number of hydrogen-bond donors (Lipinski definition) is 1. The quantitative estimate of drug-likeness (QED) is 0.927. The Morgan fingerprint density at radius 2 is 2.16 bits per heavy atom. The molecule has 1 saturated heterocycles. The molecule has 1 aromatic rings. The van der Waals surface area contributed by atoms with Gasteiger partial charge in [0.1, 0.15) is 0 Å². The van der Waals surface area contributed by atoms with Crippen LogP contribution in [0.3, 0.4) is 0 Å². The standard InChI is InChI=1S/C15H24BrN3/c1-12-9-13(5-6-14(12)16)19-8-4-7-15(10-17,11-19)18(2)3/h5-6,9H,4,7-8,10-11,17H2,1-3H3. The molecule has 1 fully saturated rings. The number of nitrogens with two attached hydrogens (primary N) is 1. The van der Waals surface area contributed by atoms with Gasteiger partial charge in [-0.3, -0.25) is 0 Å². The van der Waals surface area contributed by atoms with E-state index in [1.54, 1.807) is 0 Å². The Morgan fingerprint density at radius 1 is 1.42 bits per heavy atom. The maximum Gasteiger partial charge on any atom is 0.0501 e. The molecule has 3 nitrogen and oxygen atoms in total. The Balaban J connectivity index is 2.23. The lowest BCUT2D eigenvalue weighted by Gasteiger charge is -2.47. The Morgan fingerprint density at radius 3 is 2.74 bits per heavy atom. The minimum absolute atomic E-state index is 0.110. The van der Waals surface area contributed by atoms with Crippen molar-refractivity contribution in [3.8, 4) is 0 Å². The molecule has 2 rings (SSSR count). The van der Waals surface area contributed by atoms with Crippen LogP contribution in [0.25, 0.3) is 0 Å². The van der Waals surface area contributed by atoms with Crippen LogP contribution in [0.15, 0.2) is 22.7 Å². The summed E-state index contributed by atoms with van der Waals surface area (Å²) in [6.07, 6.45) is 2.38. The van der Waals surface area contributed by atoms with Crippen LogP contribution in [0.4, 0.5) is 5.69 Å². The smallest absolute Gasteiger partial charge is 0.0501 e. The third kappa shape index (κ3) is 2.96. The highest BCUT2D eigenvalue weighted by molar-refractivity contribution is 9.10. The number of halogens is 1. The van der Waals surface area contributed by atoms with E-state index in [0.29, 0.717) is 6.54 Å². The predicted octanol–water partition coefficient (Wildman–Crippen LogP) is 2.62. The Bertz CT molecular complexity index is 447. The third-order valence-corrected chi connectivity index (χ3v) is 5.28. The summed E-state index contributed by atoms with van der Waals surface area (Å²) < 4.78 is 1.17. The zero-order chi connectivity index (χ0) is 14.0. The Hall–Kier alpha value is -0.580. The molecule has 0 aromatic heterocycles. The SMILES string of the molecule is Cc1cc(N2CCCC(CN)(N(C)C)C2)ccc1Br. The van der Waals surface area contributed by atoms with Crippen molar-refractivity contribution in [3.63, 3.8) is 0 Å². The fraction of sp³-hybridized carbons (Fsp3) is 0.600. The molecule has 0 radical (unpaired) electrons. The summed E-state index contributed by atoms with van der Waals surface area (Å²) in [5.74, 6) is 0. The first-order valence-corrected chi connectivity index (χ1v) is 7.66. The number of rotatable bonds is 3. The molecular formula is C15H24BrN3. The topological polar surface area (TPSA) is 32.5 Å². The van der Waals surface area contributed by atoms with Crippen molar-refractivity contribution < 1.29 is 0 Å². The molecule has 0 bridgehead atoms. The van der Waals surface area contributed by atoms with Crippen molar-refractivity contribution in [2.24, 2.45) is 5.73 Å². The van der Waals surface area contributed by atoms with Gasteiger partial charge in [-0.05, 0) is 57.6 Å². The van der Waals surface area contributed by atoms with Gasteiger partial charge in [0.25, 0.3) is 0 Å². The third-order valence-electron chi connectivity index (χ3n) is 4.39. The molecule has 1 aliphatic heterocycles. The maximum atomic E-state index is 6.06. The van der Waals surface area contributed by atoms with Crippen LogP contribution in [0, 0.1) is 6.92 Å². The van der Waals surface area contributed by atoms with Crippen LogP contribution >= 0.6 is 15.9 Å². The number of anilines is 1. The minimum atomic E-state index is 0.110. The number of hydrogen-bond acceptors (Lipinski definition) is 3. The van der Waals surface area contributed by atoms with Crippen molar-refractivity contribution in [1.82, 2.24) is 4.90 Å². The maximum absolute atomic E-state index is 6.06. The normalized spacial score (nSPS) is 24.0. The highest BCUT2D eigenvalue weighted by atomic mass is 79.9. The Labute approximate surface area is 124 Å². The predicted molar refractivity (Wildman–Crippen MR) is 85.8 cm³/mol. The summed E-state index contributed by atoms with van der Waals surface area (Å²) in [7, 11) is 4.28. The Kier molecular flexibility index (Phi) is 4.54. The van der Waals surface area contributed by atoms with Crippen LogP contribution in [-0.4, -0.2) is 44.2 Å². The molecule has 1 unspecified atom stereocenters. The summed E-state index contributed by atoms with van der Waals surface area (Å²) in [6.45, 7) is 4.99. The molecule has 19 heavy (non-hydrogen) atoms. The second-order valence-electron chi connectivity index (χ2n) is 5.78. The van der Waals surface area contributed by atoms with Gasteiger partial charge in [-0.1, -0.05) is 15.9 Å². The largest absolute Gasteiger partial charge is 0.370 e. The molecular weight excluding hydrogens is 302 g/mol. The van der Waals surface area contributed by atoms with E-state index < -0.39 is 0 Å². The number of piperidine rings is 1. The molecule has 106 valence electrons.